The van der Waals surface area contributed by atoms with Crippen LogP contribution in [0.25, 0.3) is 0 Å². The van der Waals surface area contributed by atoms with E-state index in [4.69, 9.17) is 10.5 Å². The quantitative estimate of drug-likeness (QED) is 0.578. The lowest BCUT2D eigenvalue weighted by Crippen LogP contribution is -2.40. The molecular formula is C14H30N2O2. The summed E-state index contributed by atoms with van der Waals surface area (Å²) in [6, 6.07) is 0.302. The van der Waals surface area contributed by atoms with Crippen molar-refractivity contribution in [2.24, 2.45) is 5.73 Å². The van der Waals surface area contributed by atoms with Crippen LogP contribution < -0.4 is 5.73 Å². The van der Waals surface area contributed by atoms with Gasteiger partial charge >= 0.3 is 0 Å². The Bertz CT molecular complexity index is 210. The zero-order valence-corrected chi connectivity index (χ0v) is 12.3. The number of nitrogens with two attached hydrogens (primary N) is 1. The van der Waals surface area contributed by atoms with Gasteiger partial charge in [0.1, 0.15) is 0 Å². The summed E-state index contributed by atoms with van der Waals surface area (Å²) < 4.78 is 5.07. The summed E-state index contributed by atoms with van der Waals surface area (Å²) in [5, 5.41) is 0. The molecule has 0 aliphatic heterocycles. The van der Waals surface area contributed by atoms with E-state index < -0.39 is 0 Å². The fourth-order valence-corrected chi connectivity index (χ4v) is 1.92. The van der Waals surface area contributed by atoms with Crippen molar-refractivity contribution in [3.8, 4) is 0 Å². The number of methoxy groups -OCH3 is 1. The minimum atomic E-state index is 0.258. The van der Waals surface area contributed by atoms with Gasteiger partial charge in [-0.25, -0.2) is 0 Å². The summed E-state index contributed by atoms with van der Waals surface area (Å²) in [6.45, 7) is 6.28. The van der Waals surface area contributed by atoms with E-state index in [1.54, 1.807) is 7.11 Å². The topological polar surface area (TPSA) is 55.6 Å². The van der Waals surface area contributed by atoms with E-state index in [1.807, 2.05) is 4.90 Å². The first-order chi connectivity index (χ1) is 8.67. The third kappa shape index (κ3) is 7.67. The lowest BCUT2D eigenvalue weighted by Gasteiger charge is -2.28. The lowest BCUT2D eigenvalue weighted by atomic mass is 10.1. The van der Waals surface area contributed by atoms with Gasteiger partial charge in [0.25, 0.3) is 0 Å². The molecule has 2 N–H and O–H groups in total. The molecule has 0 aromatic carbocycles. The molecule has 0 fully saturated rings. The Morgan fingerprint density at radius 3 is 2.50 bits per heavy atom. The van der Waals surface area contributed by atoms with E-state index in [2.05, 4.69) is 13.8 Å². The van der Waals surface area contributed by atoms with Gasteiger partial charge < -0.3 is 15.4 Å². The van der Waals surface area contributed by atoms with Crippen molar-refractivity contribution in [3.05, 3.63) is 0 Å². The third-order valence-corrected chi connectivity index (χ3v) is 3.32. The fraction of sp³-hybridized carbons (Fsp3) is 0.929. The molecule has 0 saturated heterocycles. The Morgan fingerprint density at radius 1 is 1.28 bits per heavy atom. The molecular weight excluding hydrogens is 228 g/mol. The highest BCUT2D eigenvalue weighted by Crippen LogP contribution is 2.09. The molecule has 0 aromatic heterocycles. The number of hydrogen-bond donors (Lipinski definition) is 1. The number of hydrogen-bond acceptors (Lipinski definition) is 3. The molecule has 0 rings (SSSR count). The summed E-state index contributed by atoms with van der Waals surface area (Å²) in [6.07, 6.45) is 5.90. The predicted octanol–water partition coefficient (Wildman–Crippen LogP) is 2.17. The summed E-state index contributed by atoms with van der Waals surface area (Å²) in [5.74, 6) is 0.258. The van der Waals surface area contributed by atoms with Crippen LogP contribution >= 0.6 is 0 Å². The summed E-state index contributed by atoms with van der Waals surface area (Å²) >= 11 is 0. The maximum absolute atomic E-state index is 12.1. The molecule has 0 spiro atoms. The second kappa shape index (κ2) is 11.5. The predicted molar refractivity (Wildman–Crippen MR) is 75.5 cm³/mol. The molecule has 1 unspecified atom stereocenters. The van der Waals surface area contributed by atoms with Gasteiger partial charge in [-0.05, 0) is 32.7 Å². The van der Waals surface area contributed by atoms with Crippen LogP contribution in [0.2, 0.25) is 0 Å². The molecule has 1 atom stereocenters. The first-order valence-corrected chi connectivity index (χ1v) is 7.15. The Morgan fingerprint density at radius 2 is 1.94 bits per heavy atom. The van der Waals surface area contributed by atoms with Crippen molar-refractivity contribution >= 4 is 5.91 Å². The Hall–Kier alpha value is -0.610. The average molecular weight is 258 g/mol. The molecule has 18 heavy (non-hydrogen) atoms. The average Bonchev–Trinajstić information content (AvgIpc) is 2.38. The third-order valence-electron chi connectivity index (χ3n) is 3.32. The standard InChI is InChI=1S/C14H30N2O2/c1-4-13(2)16(11-12-18-3)14(17)9-7-5-6-8-10-15/h13H,4-12,15H2,1-3H3. The molecule has 0 aliphatic rings. The van der Waals surface area contributed by atoms with Crippen molar-refractivity contribution in [1.29, 1.82) is 0 Å². The minimum absolute atomic E-state index is 0.258. The van der Waals surface area contributed by atoms with Gasteiger partial charge in [-0.1, -0.05) is 19.8 Å². The van der Waals surface area contributed by atoms with Crippen LogP contribution in [0.5, 0.6) is 0 Å². The number of unbranched alkanes of at least 4 members (excludes halogenated alkanes) is 3. The number of carbonyl (C=O) groups excluding carboxylic acids is 1. The number of rotatable bonds is 11. The Balaban J connectivity index is 3.96. The van der Waals surface area contributed by atoms with E-state index in [-0.39, 0.29) is 5.91 Å². The van der Waals surface area contributed by atoms with Gasteiger partial charge in [-0.2, -0.15) is 0 Å². The highest BCUT2D eigenvalue weighted by Gasteiger charge is 2.17. The van der Waals surface area contributed by atoms with E-state index >= 15 is 0 Å². The second-order valence-electron chi connectivity index (χ2n) is 4.79. The first-order valence-electron chi connectivity index (χ1n) is 7.15. The van der Waals surface area contributed by atoms with Gasteiger partial charge in [-0.3, -0.25) is 4.79 Å². The molecule has 108 valence electrons. The summed E-state index contributed by atoms with van der Waals surface area (Å²) in [5.41, 5.74) is 5.44. The molecule has 0 aliphatic carbocycles. The SMILES string of the molecule is CCC(C)N(CCOC)C(=O)CCCCCCN. The maximum Gasteiger partial charge on any atom is 0.222 e. The van der Waals surface area contributed by atoms with E-state index in [0.717, 1.165) is 38.6 Å². The van der Waals surface area contributed by atoms with Crippen LogP contribution in [0.15, 0.2) is 0 Å². The largest absolute Gasteiger partial charge is 0.383 e. The van der Waals surface area contributed by atoms with Gasteiger partial charge in [0, 0.05) is 26.1 Å². The van der Waals surface area contributed by atoms with Gasteiger partial charge in [0.2, 0.25) is 5.91 Å². The second-order valence-corrected chi connectivity index (χ2v) is 4.79. The molecule has 4 heteroatoms. The van der Waals surface area contributed by atoms with Crippen molar-refractivity contribution in [2.45, 2.75) is 58.4 Å². The number of carbonyl (C=O) groups is 1. The van der Waals surface area contributed by atoms with Gasteiger partial charge in [0.05, 0.1) is 6.61 Å². The van der Waals surface area contributed by atoms with Crippen molar-refractivity contribution in [1.82, 2.24) is 4.90 Å². The molecule has 0 radical (unpaired) electrons. The minimum Gasteiger partial charge on any atom is -0.383 e. The van der Waals surface area contributed by atoms with E-state index in [0.29, 0.717) is 25.6 Å². The van der Waals surface area contributed by atoms with Gasteiger partial charge in [0.15, 0.2) is 0 Å². The zero-order valence-electron chi connectivity index (χ0n) is 12.3. The van der Waals surface area contributed by atoms with Crippen LogP contribution in [-0.2, 0) is 9.53 Å². The van der Waals surface area contributed by atoms with Crippen LogP contribution in [-0.4, -0.2) is 43.7 Å². The highest BCUT2D eigenvalue weighted by atomic mass is 16.5. The monoisotopic (exact) mass is 258 g/mol. The fourth-order valence-electron chi connectivity index (χ4n) is 1.92. The molecule has 0 aromatic rings. The zero-order chi connectivity index (χ0) is 13.8. The van der Waals surface area contributed by atoms with E-state index in [1.165, 1.54) is 0 Å². The smallest absolute Gasteiger partial charge is 0.222 e. The van der Waals surface area contributed by atoms with Crippen LogP contribution in [0.1, 0.15) is 52.4 Å². The highest BCUT2D eigenvalue weighted by molar-refractivity contribution is 5.76. The first kappa shape index (κ1) is 17.4. The molecule has 0 heterocycles. The van der Waals surface area contributed by atoms with Gasteiger partial charge in [-0.15, -0.1) is 0 Å². The van der Waals surface area contributed by atoms with Crippen molar-refractivity contribution in [3.63, 3.8) is 0 Å². The molecule has 4 nitrogen and oxygen atoms in total. The van der Waals surface area contributed by atoms with Crippen molar-refractivity contribution in [2.75, 3.05) is 26.8 Å². The van der Waals surface area contributed by atoms with E-state index in [9.17, 15) is 4.79 Å². The Kier molecular flexibility index (Phi) is 11.1. The lowest BCUT2D eigenvalue weighted by molar-refractivity contribution is -0.134. The summed E-state index contributed by atoms with van der Waals surface area (Å²) in [4.78, 5) is 14.1. The molecule has 1 amide bonds. The number of ether oxygens (including phenoxy) is 1. The number of amides is 1. The maximum atomic E-state index is 12.1. The van der Waals surface area contributed by atoms with Crippen LogP contribution in [0.3, 0.4) is 0 Å². The summed E-state index contributed by atoms with van der Waals surface area (Å²) in [7, 11) is 1.67. The van der Waals surface area contributed by atoms with Crippen molar-refractivity contribution < 1.29 is 9.53 Å². The van der Waals surface area contributed by atoms with Crippen LogP contribution in [0.4, 0.5) is 0 Å². The number of nitrogens with zero attached hydrogens (tertiary/aromatic N) is 1. The molecule has 0 bridgehead atoms. The molecule has 0 saturated carbocycles. The normalized spacial score (nSPS) is 12.4. The Labute approximate surface area is 112 Å². The van der Waals surface area contributed by atoms with Crippen LogP contribution in [0, 0.1) is 0 Å².